The Kier molecular flexibility index (Phi) is 8.05. The Hall–Kier alpha value is -2.82. The van der Waals surface area contributed by atoms with E-state index in [2.05, 4.69) is 5.32 Å². The van der Waals surface area contributed by atoms with E-state index in [1.165, 1.54) is 0 Å². The van der Waals surface area contributed by atoms with Crippen molar-refractivity contribution in [2.75, 3.05) is 6.61 Å². The molecule has 0 aromatic heterocycles. The first-order chi connectivity index (χ1) is 13.4. The van der Waals surface area contributed by atoms with E-state index >= 15 is 0 Å². The average molecular weight is 383 g/mol. The first-order valence-corrected chi connectivity index (χ1v) is 9.74. The van der Waals surface area contributed by atoms with Crippen molar-refractivity contribution in [3.8, 4) is 5.75 Å². The summed E-state index contributed by atoms with van der Waals surface area (Å²) in [6.45, 7) is 7.98. The molecule has 2 rings (SSSR count). The van der Waals surface area contributed by atoms with Crippen LogP contribution in [0.5, 0.6) is 5.75 Å². The monoisotopic (exact) mass is 382 g/mol. The molecule has 1 N–H and O–H groups in total. The van der Waals surface area contributed by atoms with Gasteiger partial charge in [0.05, 0.1) is 0 Å². The van der Waals surface area contributed by atoms with Crippen LogP contribution in [0.2, 0.25) is 0 Å². The molecule has 0 saturated carbocycles. The predicted octanol–water partition coefficient (Wildman–Crippen LogP) is 3.71. The summed E-state index contributed by atoms with van der Waals surface area (Å²) in [5.41, 5.74) is 2.12. The fourth-order valence-corrected chi connectivity index (χ4v) is 2.68. The van der Waals surface area contributed by atoms with Gasteiger partial charge in [-0.25, -0.2) is 0 Å². The summed E-state index contributed by atoms with van der Waals surface area (Å²) in [6.07, 6.45) is 0.835. The number of ether oxygens (including phenoxy) is 1. The van der Waals surface area contributed by atoms with Gasteiger partial charge in [0.1, 0.15) is 11.8 Å². The zero-order valence-electron chi connectivity index (χ0n) is 17.1. The van der Waals surface area contributed by atoms with Gasteiger partial charge in [-0.3, -0.25) is 9.59 Å². The van der Waals surface area contributed by atoms with Crippen LogP contribution >= 0.6 is 0 Å². The Morgan fingerprint density at radius 2 is 1.68 bits per heavy atom. The second kappa shape index (κ2) is 10.5. The van der Waals surface area contributed by atoms with Gasteiger partial charge in [-0.15, -0.1) is 0 Å². The molecule has 0 aliphatic heterocycles. The van der Waals surface area contributed by atoms with E-state index in [1.54, 1.807) is 24.0 Å². The maximum Gasteiger partial charge on any atom is 0.261 e. The normalized spacial score (nSPS) is 12.7. The van der Waals surface area contributed by atoms with Gasteiger partial charge in [-0.05, 0) is 44.9 Å². The number of para-hydroxylation sites is 1. The van der Waals surface area contributed by atoms with Gasteiger partial charge >= 0.3 is 0 Å². The Morgan fingerprint density at radius 1 is 1.04 bits per heavy atom. The van der Waals surface area contributed by atoms with Gasteiger partial charge in [-0.2, -0.15) is 0 Å². The summed E-state index contributed by atoms with van der Waals surface area (Å²) in [4.78, 5) is 27.1. The van der Waals surface area contributed by atoms with Crippen LogP contribution in [0.15, 0.2) is 54.6 Å². The summed E-state index contributed by atoms with van der Waals surface area (Å²) in [7, 11) is 0. The molecular formula is C23H30N2O3. The molecule has 5 nitrogen and oxygen atoms in total. The van der Waals surface area contributed by atoms with E-state index in [0.29, 0.717) is 12.3 Å². The lowest BCUT2D eigenvalue weighted by Gasteiger charge is -2.29. The van der Waals surface area contributed by atoms with Gasteiger partial charge < -0.3 is 15.0 Å². The van der Waals surface area contributed by atoms with Crippen molar-refractivity contribution < 1.29 is 14.3 Å². The quantitative estimate of drug-likeness (QED) is 0.719. The highest BCUT2D eigenvalue weighted by Crippen LogP contribution is 2.13. The highest BCUT2D eigenvalue weighted by Gasteiger charge is 2.27. The van der Waals surface area contributed by atoms with Gasteiger partial charge in [0.15, 0.2) is 6.61 Å². The zero-order valence-corrected chi connectivity index (χ0v) is 17.1. The van der Waals surface area contributed by atoms with E-state index in [0.717, 1.165) is 17.5 Å². The number of hydrogen-bond donors (Lipinski definition) is 1. The number of hydrogen-bond acceptors (Lipinski definition) is 3. The van der Waals surface area contributed by atoms with E-state index in [1.807, 2.05) is 63.2 Å². The van der Waals surface area contributed by atoms with Crippen LogP contribution in [0.1, 0.15) is 38.3 Å². The summed E-state index contributed by atoms with van der Waals surface area (Å²) in [6, 6.07) is 16.6. The SMILES string of the molecule is CC[C@@H](C)NC(=O)[C@H](C)N(Cc1ccc(C)cc1)C(=O)COc1ccccc1. The minimum atomic E-state index is -0.595. The van der Waals surface area contributed by atoms with E-state index in [4.69, 9.17) is 4.74 Å². The lowest BCUT2D eigenvalue weighted by atomic mass is 10.1. The second-order valence-electron chi connectivity index (χ2n) is 7.10. The second-order valence-corrected chi connectivity index (χ2v) is 7.10. The molecular weight excluding hydrogens is 352 g/mol. The largest absolute Gasteiger partial charge is 0.484 e. The number of benzene rings is 2. The number of aryl methyl sites for hydroxylation is 1. The molecule has 0 fully saturated rings. The summed E-state index contributed by atoms with van der Waals surface area (Å²) in [5.74, 6) is 0.244. The number of nitrogens with zero attached hydrogens (tertiary/aromatic N) is 1. The standard InChI is InChI=1S/C23H30N2O3/c1-5-18(3)24-23(27)19(4)25(15-20-13-11-17(2)12-14-20)22(26)16-28-21-9-7-6-8-10-21/h6-14,18-19H,5,15-16H2,1-4H3,(H,24,27)/t18-,19+/m1/s1. The number of amides is 2. The Balaban J connectivity index is 2.12. The molecule has 0 unspecified atom stereocenters. The number of carbonyl (C=O) groups excluding carboxylic acids is 2. The number of rotatable bonds is 9. The first-order valence-electron chi connectivity index (χ1n) is 9.74. The molecule has 2 atom stereocenters. The summed E-state index contributed by atoms with van der Waals surface area (Å²) >= 11 is 0. The van der Waals surface area contributed by atoms with Crippen molar-refractivity contribution in [3.05, 3.63) is 65.7 Å². The molecule has 0 bridgehead atoms. The third-order valence-electron chi connectivity index (χ3n) is 4.75. The maximum atomic E-state index is 12.9. The average Bonchev–Trinajstić information content (AvgIpc) is 2.71. The van der Waals surface area contributed by atoms with Crippen molar-refractivity contribution in [2.24, 2.45) is 0 Å². The van der Waals surface area contributed by atoms with Crippen molar-refractivity contribution >= 4 is 11.8 Å². The number of nitrogens with one attached hydrogen (secondary N) is 1. The molecule has 0 spiro atoms. The predicted molar refractivity (Wildman–Crippen MR) is 111 cm³/mol. The van der Waals surface area contributed by atoms with Crippen molar-refractivity contribution in [3.63, 3.8) is 0 Å². The Labute approximate surface area is 167 Å². The van der Waals surface area contributed by atoms with E-state index in [-0.39, 0.29) is 24.5 Å². The molecule has 0 heterocycles. The highest BCUT2D eigenvalue weighted by atomic mass is 16.5. The van der Waals surface area contributed by atoms with Gasteiger partial charge in [0, 0.05) is 12.6 Å². The lowest BCUT2D eigenvalue weighted by Crippen LogP contribution is -2.50. The first kappa shape index (κ1) is 21.5. The third kappa shape index (κ3) is 6.41. The van der Waals surface area contributed by atoms with Crippen LogP contribution < -0.4 is 10.1 Å². The van der Waals surface area contributed by atoms with E-state index in [9.17, 15) is 9.59 Å². The topological polar surface area (TPSA) is 58.6 Å². The number of carbonyl (C=O) groups is 2. The molecule has 2 amide bonds. The van der Waals surface area contributed by atoms with E-state index < -0.39 is 6.04 Å². The lowest BCUT2D eigenvalue weighted by molar-refractivity contribution is -0.142. The van der Waals surface area contributed by atoms with Crippen LogP contribution in [-0.4, -0.2) is 35.4 Å². The molecule has 0 radical (unpaired) electrons. The molecule has 0 aliphatic carbocycles. The van der Waals surface area contributed by atoms with Crippen molar-refractivity contribution in [1.82, 2.24) is 10.2 Å². The molecule has 2 aromatic rings. The molecule has 0 saturated heterocycles. The van der Waals surface area contributed by atoms with Gasteiger partial charge in [0.2, 0.25) is 5.91 Å². The van der Waals surface area contributed by atoms with Gasteiger partial charge in [0.25, 0.3) is 5.91 Å². The Bertz CT molecular complexity index is 759. The maximum absolute atomic E-state index is 12.9. The summed E-state index contributed by atoms with van der Waals surface area (Å²) < 4.78 is 5.61. The molecule has 2 aromatic carbocycles. The summed E-state index contributed by atoms with van der Waals surface area (Å²) in [5, 5.41) is 2.96. The van der Waals surface area contributed by atoms with Gasteiger partial charge in [-0.1, -0.05) is 55.0 Å². The molecule has 5 heteroatoms. The molecule has 150 valence electrons. The fraction of sp³-hybridized carbons (Fsp3) is 0.391. The van der Waals surface area contributed by atoms with Crippen LogP contribution in [0.25, 0.3) is 0 Å². The van der Waals surface area contributed by atoms with Crippen LogP contribution in [0, 0.1) is 6.92 Å². The Morgan fingerprint density at radius 3 is 2.29 bits per heavy atom. The van der Waals surface area contributed by atoms with Crippen molar-refractivity contribution in [2.45, 2.75) is 52.7 Å². The third-order valence-corrected chi connectivity index (χ3v) is 4.75. The van der Waals surface area contributed by atoms with Crippen LogP contribution in [-0.2, 0) is 16.1 Å². The molecule has 28 heavy (non-hydrogen) atoms. The fourth-order valence-electron chi connectivity index (χ4n) is 2.68. The van der Waals surface area contributed by atoms with Crippen molar-refractivity contribution in [1.29, 1.82) is 0 Å². The highest BCUT2D eigenvalue weighted by molar-refractivity contribution is 5.88. The molecule has 0 aliphatic rings. The zero-order chi connectivity index (χ0) is 20.5. The smallest absolute Gasteiger partial charge is 0.261 e. The minimum Gasteiger partial charge on any atom is -0.484 e. The van der Waals surface area contributed by atoms with Crippen LogP contribution in [0.3, 0.4) is 0 Å². The van der Waals surface area contributed by atoms with Crippen LogP contribution in [0.4, 0.5) is 0 Å². The minimum absolute atomic E-state index is 0.0619.